The number of aromatic amines is 2. The van der Waals surface area contributed by atoms with Crippen molar-refractivity contribution in [3.8, 4) is 0 Å². The molecule has 0 unspecified atom stereocenters. The van der Waals surface area contributed by atoms with Gasteiger partial charge < -0.3 is 4.74 Å². The number of carbonyl (C=O) groups excluding carboxylic acids is 1. The van der Waals surface area contributed by atoms with Gasteiger partial charge >= 0.3 is 11.7 Å². The largest absolute Gasteiger partial charge is 0.465 e. The molecule has 0 fully saturated rings. The summed E-state index contributed by atoms with van der Waals surface area (Å²) in [4.78, 5) is 40.6. The molecule has 96 valence electrons. The topological polar surface area (TPSA) is 92.0 Å². The summed E-state index contributed by atoms with van der Waals surface area (Å²) in [7, 11) is 1.26. The van der Waals surface area contributed by atoms with E-state index in [-0.39, 0.29) is 16.9 Å². The van der Waals surface area contributed by atoms with Crippen LogP contribution in [0.15, 0.2) is 9.59 Å². The average Bonchev–Trinajstić information content (AvgIpc) is 2.67. The van der Waals surface area contributed by atoms with Crippen LogP contribution in [0.25, 0.3) is 10.2 Å². The quantitative estimate of drug-likeness (QED) is 0.800. The zero-order valence-electron chi connectivity index (χ0n) is 10.1. The van der Waals surface area contributed by atoms with Crippen LogP contribution in [0, 0.1) is 0 Å². The Balaban J connectivity index is 2.95. The van der Waals surface area contributed by atoms with Gasteiger partial charge in [0, 0.05) is 4.88 Å². The van der Waals surface area contributed by atoms with Crippen molar-refractivity contribution in [3.63, 3.8) is 0 Å². The van der Waals surface area contributed by atoms with Crippen LogP contribution in [0.1, 0.15) is 35.0 Å². The van der Waals surface area contributed by atoms with E-state index in [0.717, 1.165) is 4.88 Å². The van der Waals surface area contributed by atoms with Crippen molar-refractivity contribution < 1.29 is 9.53 Å². The molecule has 2 aromatic heterocycles. The molecule has 0 spiro atoms. The highest BCUT2D eigenvalue weighted by Gasteiger charge is 2.24. The van der Waals surface area contributed by atoms with Gasteiger partial charge in [-0.15, -0.1) is 11.3 Å². The van der Waals surface area contributed by atoms with Gasteiger partial charge in [-0.05, 0) is 5.92 Å². The van der Waals surface area contributed by atoms with Crippen molar-refractivity contribution in [1.29, 1.82) is 0 Å². The number of esters is 1. The van der Waals surface area contributed by atoms with Crippen LogP contribution in [0.3, 0.4) is 0 Å². The monoisotopic (exact) mass is 268 g/mol. The molecular formula is C11H12N2O4S. The molecule has 2 heterocycles. The van der Waals surface area contributed by atoms with Crippen LogP contribution in [0.2, 0.25) is 0 Å². The summed E-state index contributed by atoms with van der Waals surface area (Å²) in [6.45, 7) is 3.81. The molecule has 0 aliphatic carbocycles. The van der Waals surface area contributed by atoms with E-state index in [1.807, 2.05) is 13.8 Å². The van der Waals surface area contributed by atoms with Crippen LogP contribution in [-0.4, -0.2) is 23.0 Å². The second-order valence-electron chi connectivity index (χ2n) is 4.10. The summed E-state index contributed by atoms with van der Waals surface area (Å²) in [6.07, 6.45) is 0. The van der Waals surface area contributed by atoms with Crippen molar-refractivity contribution in [1.82, 2.24) is 9.97 Å². The molecule has 0 aliphatic rings. The molecule has 0 aliphatic heterocycles. The predicted molar refractivity (Wildman–Crippen MR) is 68.5 cm³/mol. The second-order valence-corrected chi connectivity index (χ2v) is 5.15. The van der Waals surface area contributed by atoms with Gasteiger partial charge in [-0.3, -0.25) is 14.8 Å². The summed E-state index contributed by atoms with van der Waals surface area (Å²) >= 11 is 1.23. The Bertz CT molecular complexity index is 723. The van der Waals surface area contributed by atoms with Crippen molar-refractivity contribution in [2.45, 2.75) is 19.8 Å². The lowest BCUT2D eigenvalue weighted by Gasteiger charge is -2.04. The molecule has 0 bridgehead atoms. The Morgan fingerprint density at radius 1 is 1.28 bits per heavy atom. The molecule has 6 nitrogen and oxygen atoms in total. The smallest absolute Gasteiger partial charge is 0.339 e. The van der Waals surface area contributed by atoms with Gasteiger partial charge in [0.15, 0.2) is 0 Å². The fraction of sp³-hybridized carbons (Fsp3) is 0.364. The predicted octanol–water partition coefficient (Wildman–Crippen LogP) is 1.19. The minimum atomic E-state index is -0.583. The van der Waals surface area contributed by atoms with E-state index in [1.165, 1.54) is 18.4 Å². The highest BCUT2D eigenvalue weighted by Crippen LogP contribution is 2.33. The number of H-pyrrole nitrogens is 2. The number of ether oxygens (including phenoxy) is 1. The molecule has 0 atom stereocenters. The maximum absolute atomic E-state index is 11.8. The summed E-state index contributed by atoms with van der Waals surface area (Å²) in [5.41, 5.74) is -0.914. The lowest BCUT2D eigenvalue weighted by molar-refractivity contribution is 0.0602. The summed E-state index contributed by atoms with van der Waals surface area (Å²) < 4.78 is 4.70. The van der Waals surface area contributed by atoms with Gasteiger partial charge in [0.2, 0.25) is 0 Å². The fourth-order valence-electron chi connectivity index (χ4n) is 1.76. The van der Waals surface area contributed by atoms with E-state index in [1.54, 1.807) is 0 Å². The molecule has 2 N–H and O–H groups in total. The van der Waals surface area contributed by atoms with E-state index in [2.05, 4.69) is 9.97 Å². The van der Waals surface area contributed by atoms with Crippen molar-refractivity contribution in [2.24, 2.45) is 0 Å². The average molecular weight is 268 g/mol. The summed E-state index contributed by atoms with van der Waals surface area (Å²) in [5, 5.41) is 0.190. The molecule has 0 aromatic carbocycles. The molecule has 2 aromatic rings. The molecular weight excluding hydrogens is 256 g/mol. The Labute approximate surface area is 106 Å². The van der Waals surface area contributed by atoms with Crippen LogP contribution in [0.4, 0.5) is 0 Å². The number of nitrogens with one attached hydrogen (secondary N) is 2. The highest BCUT2D eigenvalue weighted by atomic mass is 32.1. The lowest BCUT2D eigenvalue weighted by atomic mass is 10.1. The number of hydrogen-bond acceptors (Lipinski definition) is 5. The van der Waals surface area contributed by atoms with Gasteiger partial charge in [0.25, 0.3) is 5.56 Å². The van der Waals surface area contributed by atoms with Crippen LogP contribution in [-0.2, 0) is 4.74 Å². The van der Waals surface area contributed by atoms with Gasteiger partial charge in [-0.25, -0.2) is 9.59 Å². The number of thiophene rings is 1. The first-order valence-electron chi connectivity index (χ1n) is 5.33. The molecule has 0 radical (unpaired) electrons. The Morgan fingerprint density at radius 2 is 1.94 bits per heavy atom. The summed E-state index contributed by atoms with van der Waals surface area (Å²) in [5.74, 6) is -0.512. The standard InChI is InChI=1S/C11H12N2O4S/c1-4(2)7-5(10(15)17-3)6-8(14)12-11(16)13-9(6)18-7/h4H,1-3H3,(H2,12,13,14,16). The summed E-state index contributed by atoms with van der Waals surface area (Å²) in [6, 6.07) is 0. The highest BCUT2D eigenvalue weighted by molar-refractivity contribution is 7.19. The minimum absolute atomic E-state index is 0.0550. The lowest BCUT2D eigenvalue weighted by Crippen LogP contribution is -2.22. The maximum Gasteiger partial charge on any atom is 0.339 e. The third kappa shape index (κ3) is 1.86. The first-order chi connectivity index (χ1) is 8.45. The third-order valence-electron chi connectivity index (χ3n) is 2.53. The van der Waals surface area contributed by atoms with E-state index >= 15 is 0 Å². The molecule has 18 heavy (non-hydrogen) atoms. The van der Waals surface area contributed by atoms with E-state index in [0.29, 0.717) is 4.83 Å². The van der Waals surface area contributed by atoms with Crippen molar-refractivity contribution >= 4 is 27.5 Å². The molecule has 2 rings (SSSR count). The number of carbonyl (C=O) groups is 1. The van der Waals surface area contributed by atoms with Crippen LogP contribution >= 0.6 is 11.3 Å². The third-order valence-corrected chi connectivity index (χ3v) is 3.94. The number of fused-ring (bicyclic) bond motifs is 1. The molecule has 0 saturated heterocycles. The van der Waals surface area contributed by atoms with Crippen LogP contribution in [0.5, 0.6) is 0 Å². The second kappa shape index (κ2) is 4.41. The molecule has 0 saturated carbocycles. The first kappa shape index (κ1) is 12.6. The van der Waals surface area contributed by atoms with E-state index < -0.39 is 17.2 Å². The zero-order valence-corrected chi connectivity index (χ0v) is 10.9. The first-order valence-corrected chi connectivity index (χ1v) is 6.14. The number of hydrogen-bond donors (Lipinski definition) is 2. The van der Waals surface area contributed by atoms with Crippen molar-refractivity contribution in [2.75, 3.05) is 7.11 Å². The fourth-order valence-corrected chi connectivity index (χ4v) is 2.95. The number of rotatable bonds is 2. The SMILES string of the molecule is COC(=O)c1c(C(C)C)sc2[nH]c(=O)[nH]c(=O)c12. The minimum Gasteiger partial charge on any atom is -0.465 e. The Kier molecular flexibility index (Phi) is 3.08. The van der Waals surface area contributed by atoms with Crippen molar-refractivity contribution in [3.05, 3.63) is 31.3 Å². The number of aromatic nitrogens is 2. The van der Waals surface area contributed by atoms with E-state index in [4.69, 9.17) is 4.74 Å². The number of methoxy groups -OCH3 is 1. The van der Waals surface area contributed by atoms with Crippen LogP contribution < -0.4 is 11.2 Å². The molecule has 0 amide bonds. The van der Waals surface area contributed by atoms with Gasteiger partial charge in [0.1, 0.15) is 4.83 Å². The van der Waals surface area contributed by atoms with Gasteiger partial charge in [-0.2, -0.15) is 0 Å². The van der Waals surface area contributed by atoms with Gasteiger partial charge in [0.05, 0.1) is 18.1 Å². The Hall–Kier alpha value is -1.89. The van der Waals surface area contributed by atoms with Gasteiger partial charge in [-0.1, -0.05) is 13.8 Å². The normalized spacial score (nSPS) is 11.1. The maximum atomic E-state index is 11.8. The zero-order chi connectivity index (χ0) is 13.4. The molecule has 7 heteroatoms. The van der Waals surface area contributed by atoms with E-state index in [9.17, 15) is 14.4 Å². The Morgan fingerprint density at radius 3 is 2.50 bits per heavy atom.